The molecule has 0 bridgehead atoms. The molecule has 1 atom stereocenters. The van der Waals surface area contributed by atoms with Crippen LogP contribution >= 0.6 is 11.8 Å². The fourth-order valence-electron chi connectivity index (χ4n) is 2.71. The van der Waals surface area contributed by atoms with Crippen LogP contribution in [-0.2, 0) is 20.9 Å². The Morgan fingerprint density at radius 2 is 1.97 bits per heavy atom. The number of nitrogens with zero attached hydrogens (tertiary/aromatic N) is 1. The summed E-state index contributed by atoms with van der Waals surface area (Å²) in [6.07, 6.45) is 1.55. The zero-order chi connectivity index (χ0) is 21.0. The van der Waals surface area contributed by atoms with Gasteiger partial charge < -0.3 is 9.47 Å². The third-order valence-electron chi connectivity index (χ3n) is 4.26. The van der Waals surface area contributed by atoms with E-state index in [4.69, 9.17) is 4.74 Å². The number of carbonyl (C=O) groups excluding carboxylic acids is 3. The van der Waals surface area contributed by atoms with Crippen LogP contribution in [0.5, 0.6) is 5.75 Å². The minimum Gasteiger partial charge on any atom is -0.489 e. The lowest BCUT2D eigenvalue weighted by Crippen LogP contribution is -2.42. The van der Waals surface area contributed by atoms with Gasteiger partial charge in [-0.05, 0) is 48.5 Å². The van der Waals surface area contributed by atoms with Gasteiger partial charge in [-0.3, -0.25) is 14.5 Å². The Morgan fingerprint density at radius 3 is 2.69 bits per heavy atom. The molecule has 0 aromatic heterocycles. The first-order valence-corrected chi connectivity index (χ1v) is 9.53. The standard InChI is InChI=1S/C21H18FNO5S/c1-13(20(25)27-2)23-19(24)18(29-21(23)26)11-14-6-5-8-16(10-14)28-12-15-7-3-4-9-17(15)22/h3-11,13H,12H2,1-2H3/b18-11+/t13-/m1/s1. The highest BCUT2D eigenvalue weighted by atomic mass is 32.2. The molecule has 3 rings (SSSR count). The predicted octanol–water partition coefficient (Wildman–Crippen LogP) is 4.00. The predicted molar refractivity (Wildman–Crippen MR) is 106 cm³/mol. The third-order valence-corrected chi connectivity index (χ3v) is 5.14. The van der Waals surface area contributed by atoms with Crippen LogP contribution in [0.25, 0.3) is 6.08 Å². The van der Waals surface area contributed by atoms with Crippen LogP contribution in [0, 0.1) is 5.82 Å². The average molecular weight is 415 g/mol. The third kappa shape index (κ3) is 4.65. The van der Waals surface area contributed by atoms with Gasteiger partial charge in [0.25, 0.3) is 11.1 Å². The molecule has 1 aliphatic rings. The number of thioether (sulfide) groups is 1. The molecule has 0 aliphatic carbocycles. The van der Waals surface area contributed by atoms with Crippen LogP contribution in [0.4, 0.5) is 9.18 Å². The molecule has 1 saturated heterocycles. The number of hydrogen-bond donors (Lipinski definition) is 0. The zero-order valence-corrected chi connectivity index (χ0v) is 16.6. The Bertz CT molecular complexity index is 991. The Kier molecular flexibility index (Phi) is 6.33. The van der Waals surface area contributed by atoms with E-state index < -0.39 is 23.2 Å². The molecule has 29 heavy (non-hydrogen) atoms. The van der Waals surface area contributed by atoms with Gasteiger partial charge in [0.2, 0.25) is 0 Å². The van der Waals surface area contributed by atoms with E-state index in [0.29, 0.717) is 16.9 Å². The fraction of sp³-hybridized carbons (Fsp3) is 0.190. The molecule has 150 valence electrons. The molecule has 0 N–H and O–H groups in total. The Hall–Kier alpha value is -3.13. The SMILES string of the molecule is COC(=O)[C@@H](C)N1C(=O)S/C(=C/c2cccc(OCc3ccccc3F)c2)C1=O. The van der Waals surface area contributed by atoms with Crippen molar-refractivity contribution < 1.29 is 28.2 Å². The number of methoxy groups -OCH3 is 1. The van der Waals surface area contributed by atoms with Crippen molar-refractivity contribution >= 4 is 35.0 Å². The highest BCUT2D eigenvalue weighted by Crippen LogP contribution is 2.34. The summed E-state index contributed by atoms with van der Waals surface area (Å²) >= 11 is 0.751. The van der Waals surface area contributed by atoms with Crippen molar-refractivity contribution in [2.75, 3.05) is 7.11 Å². The summed E-state index contributed by atoms with van der Waals surface area (Å²) in [7, 11) is 1.20. The van der Waals surface area contributed by atoms with E-state index in [9.17, 15) is 18.8 Å². The number of esters is 1. The number of ether oxygens (including phenoxy) is 2. The fourth-order valence-corrected chi connectivity index (χ4v) is 3.62. The summed E-state index contributed by atoms with van der Waals surface area (Å²) in [4.78, 5) is 37.5. The summed E-state index contributed by atoms with van der Waals surface area (Å²) in [5.74, 6) is -1.09. The molecule has 0 spiro atoms. The minimum atomic E-state index is -1.01. The van der Waals surface area contributed by atoms with Crippen molar-refractivity contribution in [2.24, 2.45) is 0 Å². The van der Waals surface area contributed by atoms with Crippen LogP contribution in [0.15, 0.2) is 53.4 Å². The van der Waals surface area contributed by atoms with Crippen molar-refractivity contribution in [3.63, 3.8) is 0 Å². The van der Waals surface area contributed by atoms with Crippen LogP contribution in [0.3, 0.4) is 0 Å². The van der Waals surface area contributed by atoms with E-state index in [0.717, 1.165) is 16.7 Å². The molecule has 1 fully saturated rings. The van der Waals surface area contributed by atoms with Crippen molar-refractivity contribution in [2.45, 2.75) is 19.6 Å². The molecule has 2 aromatic rings. The normalized spacial score (nSPS) is 16.2. The summed E-state index contributed by atoms with van der Waals surface area (Å²) < 4.78 is 23.9. The van der Waals surface area contributed by atoms with E-state index in [1.165, 1.54) is 20.1 Å². The quantitative estimate of drug-likeness (QED) is 0.525. The summed E-state index contributed by atoms with van der Waals surface area (Å²) in [6, 6.07) is 12.2. The maximum absolute atomic E-state index is 13.7. The lowest BCUT2D eigenvalue weighted by Gasteiger charge is -2.18. The zero-order valence-electron chi connectivity index (χ0n) is 15.8. The van der Waals surface area contributed by atoms with Crippen molar-refractivity contribution in [3.05, 3.63) is 70.4 Å². The monoisotopic (exact) mass is 415 g/mol. The first-order chi connectivity index (χ1) is 13.9. The molecular formula is C21H18FNO5S. The Labute approximate surface area is 171 Å². The first kappa shape index (κ1) is 20.6. The van der Waals surface area contributed by atoms with Crippen LogP contribution in [-0.4, -0.2) is 35.2 Å². The number of rotatable bonds is 6. The first-order valence-electron chi connectivity index (χ1n) is 8.72. The molecule has 0 saturated carbocycles. The summed E-state index contributed by atoms with van der Waals surface area (Å²) in [5.41, 5.74) is 1.06. The van der Waals surface area contributed by atoms with E-state index in [1.54, 1.807) is 48.5 Å². The van der Waals surface area contributed by atoms with Gasteiger partial charge in [0.15, 0.2) is 0 Å². The second-order valence-corrected chi connectivity index (χ2v) is 7.20. The van der Waals surface area contributed by atoms with Gasteiger partial charge in [-0.1, -0.05) is 30.3 Å². The molecule has 0 unspecified atom stereocenters. The number of hydrogen-bond acceptors (Lipinski definition) is 6. The number of amides is 2. The topological polar surface area (TPSA) is 72.9 Å². The number of halogens is 1. The molecule has 1 heterocycles. The van der Waals surface area contributed by atoms with E-state index in [2.05, 4.69) is 4.74 Å². The number of imide groups is 1. The van der Waals surface area contributed by atoms with Gasteiger partial charge in [-0.25, -0.2) is 9.18 Å². The second-order valence-electron chi connectivity index (χ2n) is 6.20. The van der Waals surface area contributed by atoms with Gasteiger partial charge in [0, 0.05) is 5.56 Å². The van der Waals surface area contributed by atoms with E-state index in [-0.39, 0.29) is 17.3 Å². The molecule has 2 aromatic carbocycles. The number of benzene rings is 2. The molecule has 2 amide bonds. The molecule has 8 heteroatoms. The molecule has 1 aliphatic heterocycles. The van der Waals surface area contributed by atoms with Gasteiger partial charge in [-0.15, -0.1) is 0 Å². The number of carbonyl (C=O) groups is 3. The maximum atomic E-state index is 13.7. The van der Waals surface area contributed by atoms with Crippen molar-refractivity contribution in [1.29, 1.82) is 0 Å². The van der Waals surface area contributed by atoms with E-state index in [1.807, 2.05) is 0 Å². The van der Waals surface area contributed by atoms with Crippen molar-refractivity contribution in [3.8, 4) is 5.75 Å². The lowest BCUT2D eigenvalue weighted by molar-refractivity contribution is -0.148. The average Bonchev–Trinajstić information content (AvgIpc) is 2.99. The van der Waals surface area contributed by atoms with Crippen LogP contribution in [0.2, 0.25) is 0 Å². The molecule has 6 nitrogen and oxygen atoms in total. The Morgan fingerprint density at radius 1 is 1.21 bits per heavy atom. The van der Waals surface area contributed by atoms with E-state index >= 15 is 0 Å². The maximum Gasteiger partial charge on any atom is 0.328 e. The minimum absolute atomic E-state index is 0.0588. The summed E-state index contributed by atoms with van der Waals surface area (Å²) in [5, 5.41) is -0.536. The highest BCUT2D eigenvalue weighted by Gasteiger charge is 2.41. The van der Waals surface area contributed by atoms with Gasteiger partial charge >= 0.3 is 5.97 Å². The largest absolute Gasteiger partial charge is 0.489 e. The summed E-state index contributed by atoms with van der Waals surface area (Å²) in [6.45, 7) is 1.49. The van der Waals surface area contributed by atoms with Gasteiger partial charge in [0.1, 0.15) is 24.2 Å². The molecule has 0 radical (unpaired) electrons. The molecular weight excluding hydrogens is 397 g/mol. The second kappa shape index (κ2) is 8.91. The van der Waals surface area contributed by atoms with Crippen molar-refractivity contribution in [1.82, 2.24) is 4.90 Å². The van der Waals surface area contributed by atoms with Gasteiger partial charge in [0.05, 0.1) is 12.0 Å². The van der Waals surface area contributed by atoms with Crippen LogP contribution < -0.4 is 4.74 Å². The van der Waals surface area contributed by atoms with Crippen LogP contribution in [0.1, 0.15) is 18.1 Å². The lowest BCUT2D eigenvalue weighted by atomic mass is 10.2. The highest BCUT2D eigenvalue weighted by molar-refractivity contribution is 8.18. The Balaban J connectivity index is 1.75. The van der Waals surface area contributed by atoms with Gasteiger partial charge in [-0.2, -0.15) is 0 Å². The smallest absolute Gasteiger partial charge is 0.328 e.